The number of piperidine rings is 1. The van der Waals surface area contributed by atoms with E-state index in [1.807, 2.05) is 0 Å². The molecule has 2 aliphatic rings. The molecule has 3 unspecified atom stereocenters. The average molecular weight is 560 g/mol. The van der Waals surface area contributed by atoms with Crippen LogP contribution in [0.2, 0.25) is 0 Å². The Bertz CT molecular complexity index is 1250. The summed E-state index contributed by atoms with van der Waals surface area (Å²) in [5.41, 5.74) is 1.89. The lowest BCUT2D eigenvalue weighted by Gasteiger charge is -2.40. The normalized spacial score (nSPS) is 21.9. The van der Waals surface area contributed by atoms with E-state index in [2.05, 4.69) is 39.2 Å². The Labute approximate surface area is 231 Å². The molecular formula is C27H41N7O4S. The summed E-state index contributed by atoms with van der Waals surface area (Å²) in [5, 5.41) is 6.48. The van der Waals surface area contributed by atoms with Crippen LogP contribution in [0.15, 0.2) is 35.5 Å². The number of likely N-dealkylation sites (tertiary alicyclic amines) is 1. The summed E-state index contributed by atoms with van der Waals surface area (Å²) in [6, 6.07) is 3.44. The zero-order valence-electron chi connectivity index (χ0n) is 23.2. The number of benzene rings is 1. The molecule has 0 bridgehead atoms. The molecule has 2 aromatic rings. The molecule has 4 rings (SSSR count). The number of hydrogen-bond donors (Lipinski definition) is 4. The molecule has 1 saturated heterocycles. The Kier molecular flexibility index (Phi) is 9.16. The van der Waals surface area contributed by atoms with Gasteiger partial charge in [0.15, 0.2) is 5.95 Å². The van der Waals surface area contributed by atoms with Gasteiger partial charge in [-0.15, -0.1) is 0 Å². The maximum absolute atomic E-state index is 13.9. The van der Waals surface area contributed by atoms with Crippen molar-refractivity contribution in [2.45, 2.75) is 62.9 Å². The number of aromatic amines is 1. The van der Waals surface area contributed by atoms with E-state index in [0.29, 0.717) is 43.7 Å². The summed E-state index contributed by atoms with van der Waals surface area (Å²) in [6.07, 6.45) is 6.23. The molecule has 3 heterocycles. The van der Waals surface area contributed by atoms with Gasteiger partial charge in [0.05, 0.1) is 4.90 Å². The monoisotopic (exact) mass is 559 g/mol. The highest BCUT2D eigenvalue weighted by Gasteiger charge is 2.39. The molecule has 1 aromatic heterocycles. The zero-order chi connectivity index (χ0) is 28.2. The van der Waals surface area contributed by atoms with Crippen LogP contribution in [0.3, 0.4) is 0 Å². The first kappa shape index (κ1) is 28.9. The molecule has 2 amide bonds. The number of sulfonamides is 1. The minimum atomic E-state index is -4.00. The van der Waals surface area contributed by atoms with E-state index >= 15 is 0 Å². The van der Waals surface area contributed by atoms with E-state index in [4.69, 9.17) is 0 Å². The van der Waals surface area contributed by atoms with Gasteiger partial charge in [-0.25, -0.2) is 13.4 Å². The van der Waals surface area contributed by atoms with Gasteiger partial charge in [0.2, 0.25) is 21.8 Å². The van der Waals surface area contributed by atoms with E-state index in [1.54, 1.807) is 49.6 Å². The molecule has 4 N–H and O–H groups in total. The van der Waals surface area contributed by atoms with Crippen LogP contribution in [-0.4, -0.2) is 85.8 Å². The fraction of sp³-hybridized carbons (Fsp3) is 0.593. The van der Waals surface area contributed by atoms with Gasteiger partial charge < -0.3 is 25.4 Å². The predicted octanol–water partition coefficient (Wildman–Crippen LogP) is 2.27. The van der Waals surface area contributed by atoms with Gasteiger partial charge in [0.1, 0.15) is 12.1 Å². The van der Waals surface area contributed by atoms with Crippen LogP contribution < -0.4 is 15.4 Å². The van der Waals surface area contributed by atoms with Crippen LogP contribution in [0, 0.1) is 11.8 Å². The summed E-state index contributed by atoms with van der Waals surface area (Å²) in [5.74, 6) is 0.787. The van der Waals surface area contributed by atoms with Crippen LogP contribution in [0.5, 0.6) is 0 Å². The molecule has 0 saturated carbocycles. The fourth-order valence-corrected chi connectivity index (χ4v) is 6.58. The molecule has 4 atom stereocenters. The van der Waals surface area contributed by atoms with Crippen molar-refractivity contribution in [2.75, 3.05) is 44.4 Å². The Balaban J connectivity index is 1.55. The highest BCUT2D eigenvalue weighted by molar-refractivity contribution is 7.89. The summed E-state index contributed by atoms with van der Waals surface area (Å²) in [6.45, 7) is 5.95. The molecule has 0 radical (unpaired) electrons. The molecule has 2 aliphatic heterocycles. The molecule has 1 aromatic carbocycles. The van der Waals surface area contributed by atoms with Crippen molar-refractivity contribution in [2.24, 2.45) is 11.8 Å². The lowest BCUT2D eigenvalue weighted by molar-refractivity contribution is -0.148. The molecule has 39 heavy (non-hydrogen) atoms. The average Bonchev–Trinajstić information content (AvgIpc) is 3.42. The largest absolute Gasteiger partial charge is 0.385 e. The first-order valence-electron chi connectivity index (χ1n) is 13.7. The summed E-state index contributed by atoms with van der Waals surface area (Å²) in [7, 11) is -0.645. The number of fused-ring (bicyclic) bond motifs is 1. The van der Waals surface area contributed by atoms with Crippen molar-refractivity contribution in [3.8, 4) is 0 Å². The zero-order valence-corrected chi connectivity index (χ0v) is 24.1. The second-order valence-electron chi connectivity index (χ2n) is 11.1. The predicted molar refractivity (Wildman–Crippen MR) is 151 cm³/mol. The van der Waals surface area contributed by atoms with Gasteiger partial charge in [0.25, 0.3) is 0 Å². The molecule has 1 fully saturated rings. The van der Waals surface area contributed by atoms with Gasteiger partial charge in [-0.05, 0) is 67.7 Å². The number of H-pyrrole nitrogens is 1. The van der Waals surface area contributed by atoms with Crippen molar-refractivity contribution in [1.82, 2.24) is 24.5 Å². The van der Waals surface area contributed by atoms with E-state index in [9.17, 15) is 18.0 Å². The SMILES string of the molecule is CC1CNc2ccc(S(=O)(=O)N[C@@H](CCCNc3ncc[nH]3)C(=O)N3CCC(C)CC3C(=O)N(C)C)cc2C1. The first-order chi connectivity index (χ1) is 18.5. The van der Waals surface area contributed by atoms with Gasteiger partial charge in [-0.1, -0.05) is 13.8 Å². The quantitative estimate of drug-likeness (QED) is 0.328. The van der Waals surface area contributed by atoms with E-state index in [1.165, 1.54) is 4.90 Å². The molecule has 0 spiro atoms. The number of nitrogens with one attached hydrogen (secondary N) is 4. The molecule has 0 aliphatic carbocycles. The standard InChI is InChI=1S/C27H41N7O4S/c1-18-9-13-34(24(15-18)26(36)33(3)4)25(35)23(6-5-10-28-27-29-11-12-30-27)32-39(37,38)21-7-8-22-20(16-21)14-19(2)17-31-22/h7-8,11-12,16,18-19,23-24,31-32H,5-6,9-10,13-15,17H2,1-4H3,(H2,28,29,30)/t18?,19?,23-,24?/m0/s1. The molecule has 12 heteroatoms. The second kappa shape index (κ2) is 12.4. The van der Waals surface area contributed by atoms with E-state index < -0.39 is 22.1 Å². The Morgan fingerprint density at radius 1 is 1.23 bits per heavy atom. The Morgan fingerprint density at radius 2 is 2.03 bits per heavy atom. The number of imidazole rings is 1. The number of carbonyl (C=O) groups is 2. The van der Waals surface area contributed by atoms with E-state index in [0.717, 1.165) is 30.6 Å². The van der Waals surface area contributed by atoms with Crippen LogP contribution in [0.1, 0.15) is 45.1 Å². The molecule has 11 nitrogen and oxygen atoms in total. The number of aromatic nitrogens is 2. The van der Waals surface area contributed by atoms with Gasteiger partial charge >= 0.3 is 0 Å². The topological polar surface area (TPSA) is 140 Å². The highest BCUT2D eigenvalue weighted by atomic mass is 32.2. The minimum Gasteiger partial charge on any atom is -0.385 e. The summed E-state index contributed by atoms with van der Waals surface area (Å²) < 4.78 is 29.9. The first-order valence-corrected chi connectivity index (χ1v) is 15.2. The van der Waals surface area contributed by atoms with Gasteiger partial charge in [-0.3, -0.25) is 9.59 Å². The van der Waals surface area contributed by atoms with Crippen molar-refractivity contribution >= 4 is 33.5 Å². The number of amides is 2. The summed E-state index contributed by atoms with van der Waals surface area (Å²) in [4.78, 5) is 37.2. The highest BCUT2D eigenvalue weighted by Crippen LogP contribution is 2.28. The van der Waals surface area contributed by atoms with E-state index in [-0.39, 0.29) is 23.1 Å². The smallest absolute Gasteiger partial charge is 0.244 e. The third-order valence-electron chi connectivity index (χ3n) is 7.53. The maximum Gasteiger partial charge on any atom is 0.244 e. The number of carbonyl (C=O) groups excluding carboxylic acids is 2. The summed E-state index contributed by atoms with van der Waals surface area (Å²) >= 11 is 0. The maximum atomic E-state index is 13.9. The lowest BCUT2D eigenvalue weighted by atomic mass is 9.91. The van der Waals surface area contributed by atoms with Crippen LogP contribution in [-0.2, 0) is 26.0 Å². The third kappa shape index (κ3) is 7.10. The minimum absolute atomic E-state index is 0.136. The Hall–Kier alpha value is -3.12. The number of likely N-dealkylation sites (N-methyl/N-ethyl adjacent to an activating group) is 1. The van der Waals surface area contributed by atoms with Crippen molar-refractivity contribution in [3.05, 3.63) is 36.2 Å². The lowest BCUT2D eigenvalue weighted by Crippen LogP contribution is -2.58. The van der Waals surface area contributed by atoms with Crippen LogP contribution in [0.4, 0.5) is 11.6 Å². The number of hydrogen-bond acceptors (Lipinski definition) is 7. The van der Waals surface area contributed by atoms with Crippen LogP contribution in [0.25, 0.3) is 0 Å². The number of anilines is 2. The Morgan fingerprint density at radius 3 is 2.74 bits per heavy atom. The van der Waals surface area contributed by atoms with Crippen molar-refractivity contribution in [3.63, 3.8) is 0 Å². The van der Waals surface area contributed by atoms with Gasteiger partial charge in [0, 0.05) is 51.8 Å². The third-order valence-corrected chi connectivity index (χ3v) is 9.00. The molecule has 214 valence electrons. The fourth-order valence-electron chi connectivity index (χ4n) is 5.31. The van der Waals surface area contributed by atoms with Crippen molar-refractivity contribution < 1.29 is 18.0 Å². The van der Waals surface area contributed by atoms with Crippen LogP contribution >= 0.6 is 0 Å². The second-order valence-corrected chi connectivity index (χ2v) is 12.8. The number of rotatable bonds is 10. The van der Waals surface area contributed by atoms with Gasteiger partial charge in [-0.2, -0.15) is 4.72 Å². The van der Waals surface area contributed by atoms with Crippen molar-refractivity contribution in [1.29, 1.82) is 0 Å². The number of nitrogens with zero attached hydrogens (tertiary/aromatic N) is 3. The molecular weight excluding hydrogens is 518 g/mol.